The van der Waals surface area contributed by atoms with E-state index in [1.165, 1.54) is 0 Å². The fourth-order valence-corrected chi connectivity index (χ4v) is 1.86. The van der Waals surface area contributed by atoms with E-state index >= 15 is 0 Å². The number of benzene rings is 1. The van der Waals surface area contributed by atoms with Gasteiger partial charge in [0.1, 0.15) is 5.76 Å². The lowest BCUT2D eigenvalue weighted by Crippen LogP contribution is -2.14. The summed E-state index contributed by atoms with van der Waals surface area (Å²) < 4.78 is 5.38. The molecule has 5 nitrogen and oxygen atoms in total. The van der Waals surface area contributed by atoms with E-state index in [2.05, 4.69) is 20.3 Å². The average Bonchev–Trinajstić information content (AvgIpc) is 2.84. The van der Waals surface area contributed by atoms with Crippen molar-refractivity contribution in [1.82, 2.24) is 20.3 Å². The second-order valence-electron chi connectivity index (χ2n) is 4.32. The van der Waals surface area contributed by atoms with Crippen LogP contribution in [-0.4, -0.2) is 15.0 Å². The van der Waals surface area contributed by atoms with Gasteiger partial charge in [0.05, 0.1) is 35.7 Å². The zero-order valence-electron chi connectivity index (χ0n) is 10.6. The Morgan fingerprint density at radius 3 is 2.68 bits per heavy atom. The van der Waals surface area contributed by atoms with Crippen molar-refractivity contribution in [1.29, 1.82) is 0 Å². The summed E-state index contributed by atoms with van der Waals surface area (Å²) in [5, 5.41) is 3.24. The Balaban J connectivity index is 1.65. The van der Waals surface area contributed by atoms with Gasteiger partial charge in [-0.3, -0.25) is 4.98 Å². The zero-order valence-corrected chi connectivity index (χ0v) is 10.6. The van der Waals surface area contributed by atoms with Crippen LogP contribution in [0.15, 0.2) is 41.1 Å². The molecular formula is C14H14N4O. The Bertz CT molecular complexity index is 692. The molecule has 0 bridgehead atoms. The summed E-state index contributed by atoms with van der Waals surface area (Å²) in [7, 11) is 0. The third-order valence-electron chi connectivity index (χ3n) is 2.75. The molecule has 0 unspecified atom stereocenters. The topological polar surface area (TPSA) is 63.8 Å². The van der Waals surface area contributed by atoms with E-state index in [0.717, 1.165) is 22.5 Å². The van der Waals surface area contributed by atoms with Crippen LogP contribution in [0.4, 0.5) is 0 Å². The third kappa shape index (κ3) is 2.77. The first-order chi connectivity index (χ1) is 9.31. The second kappa shape index (κ2) is 5.16. The fraction of sp³-hybridized carbons (Fsp3) is 0.214. The van der Waals surface area contributed by atoms with Crippen molar-refractivity contribution < 1.29 is 4.42 Å². The molecule has 0 spiro atoms. The number of hydrogen-bond acceptors (Lipinski definition) is 5. The van der Waals surface area contributed by atoms with Gasteiger partial charge in [0, 0.05) is 6.54 Å². The first kappa shape index (κ1) is 11.8. The second-order valence-corrected chi connectivity index (χ2v) is 4.32. The van der Waals surface area contributed by atoms with Gasteiger partial charge in [0.25, 0.3) is 0 Å². The van der Waals surface area contributed by atoms with Crippen molar-refractivity contribution in [3.8, 4) is 0 Å². The highest BCUT2D eigenvalue weighted by Crippen LogP contribution is 2.08. The molecule has 1 N–H and O–H groups in total. The summed E-state index contributed by atoms with van der Waals surface area (Å²) in [4.78, 5) is 13.0. The highest BCUT2D eigenvalue weighted by atomic mass is 16.4. The Labute approximate surface area is 110 Å². The van der Waals surface area contributed by atoms with E-state index in [1.54, 1.807) is 12.4 Å². The predicted octanol–water partition coefficient (Wildman–Crippen LogP) is 2.22. The van der Waals surface area contributed by atoms with Crippen molar-refractivity contribution >= 4 is 11.0 Å². The summed E-state index contributed by atoms with van der Waals surface area (Å²) in [6.45, 7) is 3.10. The maximum atomic E-state index is 5.38. The molecule has 0 aliphatic carbocycles. The minimum Gasteiger partial charge on any atom is -0.445 e. The minimum atomic E-state index is 0.586. The first-order valence-electron chi connectivity index (χ1n) is 6.14. The maximum Gasteiger partial charge on any atom is 0.208 e. The first-order valence-corrected chi connectivity index (χ1v) is 6.14. The van der Waals surface area contributed by atoms with Gasteiger partial charge in [-0.25, -0.2) is 9.97 Å². The lowest BCUT2D eigenvalue weighted by molar-refractivity contribution is 0.448. The Kier molecular flexibility index (Phi) is 3.20. The highest BCUT2D eigenvalue weighted by Gasteiger charge is 2.02. The largest absolute Gasteiger partial charge is 0.445 e. The molecule has 0 saturated heterocycles. The van der Waals surface area contributed by atoms with Gasteiger partial charge in [-0.2, -0.15) is 0 Å². The van der Waals surface area contributed by atoms with Crippen molar-refractivity contribution in [3.05, 3.63) is 54.0 Å². The van der Waals surface area contributed by atoms with Crippen LogP contribution in [0.1, 0.15) is 17.3 Å². The summed E-state index contributed by atoms with van der Waals surface area (Å²) in [6, 6.07) is 7.84. The predicted molar refractivity (Wildman–Crippen MR) is 71.3 cm³/mol. The van der Waals surface area contributed by atoms with Crippen molar-refractivity contribution in [3.63, 3.8) is 0 Å². The third-order valence-corrected chi connectivity index (χ3v) is 2.75. The smallest absolute Gasteiger partial charge is 0.208 e. The monoisotopic (exact) mass is 254 g/mol. The Hall–Kier alpha value is -2.27. The van der Waals surface area contributed by atoms with Crippen molar-refractivity contribution in [2.75, 3.05) is 0 Å². The number of hydrogen-bond donors (Lipinski definition) is 1. The molecule has 0 atom stereocenters. The molecule has 1 aromatic carbocycles. The van der Waals surface area contributed by atoms with Crippen LogP contribution < -0.4 is 5.32 Å². The Morgan fingerprint density at radius 1 is 1.05 bits per heavy atom. The highest BCUT2D eigenvalue weighted by molar-refractivity contribution is 5.73. The number of rotatable bonds is 4. The summed E-state index contributed by atoms with van der Waals surface area (Å²) in [5.41, 5.74) is 2.73. The molecule has 0 radical (unpaired) electrons. The normalized spacial score (nSPS) is 11.0. The molecule has 0 aliphatic heterocycles. The van der Waals surface area contributed by atoms with Crippen molar-refractivity contribution in [2.24, 2.45) is 0 Å². The molecular weight excluding hydrogens is 240 g/mol. The Morgan fingerprint density at radius 2 is 1.89 bits per heavy atom. The number of nitrogens with zero attached hydrogens (tertiary/aromatic N) is 3. The molecule has 2 heterocycles. The number of para-hydroxylation sites is 2. The summed E-state index contributed by atoms with van der Waals surface area (Å²) in [6.07, 6.45) is 3.50. The number of fused-ring (bicyclic) bond motifs is 1. The van der Waals surface area contributed by atoms with Gasteiger partial charge in [0.2, 0.25) is 5.89 Å². The van der Waals surface area contributed by atoms with Crippen LogP contribution in [0, 0.1) is 6.92 Å². The van der Waals surface area contributed by atoms with Gasteiger partial charge in [0.15, 0.2) is 0 Å². The lowest BCUT2D eigenvalue weighted by atomic mass is 10.3. The van der Waals surface area contributed by atoms with Gasteiger partial charge < -0.3 is 9.73 Å². The molecule has 19 heavy (non-hydrogen) atoms. The van der Waals surface area contributed by atoms with Crippen molar-refractivity contribution in [2.45, 2.75) is 20.0 Å². The van der Waals surface area contributed by atoms with Crippen LogP contribution in [0.5, 0.6) is 0 Å². The van der Waals surface area contributed by atoms with Crippen LogP contribution in [0.2, 0.25) is 0 Å². The number of aromatic nitrogens is 3. The van der Waals surface area contributed by atoms with E-state index in [0.29, 0.717) is 19.0 Å². The van der Waals surface area contributed by atoms with Gasteiger partial charge >= 0.3 is 0 Å². The van der Waals surface area contributed by atoms with E-state index in [9.17, 15) is 0 Å². The molecule has 0 saturated carbocycles. The van der Waals surface area contributed by atoms with Crippen LogP contribution in [-0.2, 0) is 13.1 Å². The number of oxazole rings is 1. The van der Waals surface area contributed by atoms with Gasteiger partial charge in [-0.05, 0) is 19.1 Å². The zero-order chi connectivity index (χ0) is 13.1. The molecule has 5 heteroatoms. The van der Waals surface area contributed by atoms with Crippen LogP contribution >= 0.6 is 0 Å². The molecule has 3 rings (SSSR count). The van der Waals surface area contributed by atoms with Gasteiger partial charge in [-0.1, -0.05) is 12.1 Å². The molecule has 96 valence electrons. The van der Waals surface area contributed by atoms with Crippen LogP contribution in [0.3, 0.4) is 0 Å². The molecule has 3 aromatic rings. The summed E-state index contributed by atoms with van der Waals surface area (Å²) in [5.74, 6) is 1.51. The number of aryl methyl sites for hydroxylation is 1. The average molecular weight is 254 g/mol. The quantitative estimate of drug-likeness (QED) is 0.773. The minimum absolute atomic E-state index is 0.586. The lowest BCUT2D eigenvalue weighted by Gasteiger charge is -2.03. The molecule has 0 amide bonds. The van der Waals surface area contributed by atoms with Crippen LogP contribution in [0.25, 0.3) is 11.0 Å². The van der Waals surface area contributed by atoms with E-state index in [-0.39, 0.29) is 0 Å². The maximum absolute atomic E-state index is 5.38. The molecule has 0 fully saturated rings. The standard InChI is InChI=1S/C14H14N4O/c1-10-6-17-14(19-10)9-15-7-11-8-16-12-4-2-3-5-13(12)18-11/h2-6,8,15H,7,9H2,1H3. The molecule has 0 aliphatic rings. The SMILES string of the molecule is Cc1cnc(CNCc2cnc3ccccc3n2)o1. The number of nitrogens with one attached hydrogen (secondary N) is 1. The fourth-order valence-electron chi connectivity index (χ4n) is 1.86. The van der Waals surface area contributed by atoms with E-state index < -0.39 is 0 Å². The van der Waals surface area contributed by atoms with E-state index in [4.69, 9.17) is 4.42 Å². The van der Waals surface area contributed by atoms with Gasteiger partial charge in [-0.15, -0.1) is 0 Å². The molecule has 2 aromatic heterocycles. The van der Waals surface area contributed by atoms with E-state index in [1.807, 2.05) is 31.2 Å². The summed E-state index contributed by atoms with van der Waals surface area (Å²) >= 11 is 0.